The van der Waals surface area contributed by atoms with Crippen LogP contribution in [0.2, 0.25) is 0 Å². The Labute approximate surface area is 153 Å². The maximum atomic E-state index is 12.3. The van der Waals surface area contributed by atoms with Crippen LogP contribution < -0.4 is 10.6 Å². The predicted octanol–water partition coefficient (Wildman–Crippen LogP) is 2.52. The van der Waals surface area contributed by atoms with Crippen molar-refractivity contribution in [1.29, 1.82) is 0 Å². The number of benzene rings is 2. The Bertz CT molecular complexity index is 771. The van der Waals surface area contributed by atoms with Gasteiger partial charge in [0.2, 0.25) is 5.91 Å². The molecule has 1 aliphatic heterocycles. The average Bonchev–Trinajstić information content (AvgIpc) is 2.69. The Morgan fingerprint density at radius 1 is 1.00 bits per heavy atom. The SMILES string of the molecule is Cc1c(NCC(=O)N2CCOCC2)cccc1NC(=O)c1ccccc1. The predicted molar refractivity (Wildman–Crippen MR) is 101 cm³/mol. The first-order chi connectivity index (χ1) is 12.6. The van der Waals surface area contributed by atoms with Crippen molar-refractivity contribution in [2.24, 2.45) is 0 Å². The third-order valence-corrected chi connectivity index (χ3v) is 4.41. The van der Waals surface area contributed by atoms with E-state index in [0.29, 0.717) is 31.9 Å². The monoisotopic (exact) mass is 353 g/mol. The normalized spacial score (nSPS) is 14.0. The Morgan fingerprint density at radius 3 is 2.42 bits per heavy atom. The summed E-state index contributed by atoms with van der Waals surface area (Å²) in [4.78, 5) is 26.4. The molecule has 1 saturated heterocycles. The van der Waals surface area contributed by atoms with Gasteiger partial charge in [-0.05, 0) is 36.8 Å². The topological polar surface area (TPSA) is 70.7 Å². The molecule has 0 saturated carbocycles. The summed E-state index contributed by atoms with van der Waals surface area (Å²) in [5, 5.41) is 6.11. The van der Waals surface area contributed by atoms with Crippen molar-refractivity contribution < 1.29 is 14.3 Å². The molecule has 0 spiro atoms. The lowest BCUT2D eigenvalue weighted by atomic mass is 10.1. The third-order valence-electron chi connectivity index (χ3n) is 4.41. The minimum atomic E-state index is -0.157. The molecule has 2 amide bonds. The standard InChI is InChI=1S/C20H23N3O3/c1-15-17(21-14-19(24)23-10-12-26-13-11-23)8-5-9-18(15)22-20(25)16-6-3-2-4-7-16/h2-9,21H,10-14H2,1H3,(H,22,25). The molecular formula is C20H23N3O3. The van der Waals surface area contributed by atoms with Crippen LogP contribution in [0.3, 0.4) is 0 Å². The first-order valence-corrected chi connectivity index (χ1v) is 8.70. The molecule has 0 bridgehead atoms. The smallest absolute Gasteiger partial charge is 0.255 e. The second-order valence-electron chi connectivity index (χ2n) is 6.14. The highest BCUT2D eigenvalue weighted by atomic mass is 16.5. The van der Waals surface area contributed by atoms with Gasteiger partial charge in [-0.3, -0.25) is 9.59 Å². The molecule has 1 aliphatic rings. The molecule has 0 unspecified atom stereocenters. The summed E-state index contributed by atoms with van der Waals surface area (Å²) in [5.41, 5.74) is 3.06. The molecule has 2 N–H and O–H groups in total. The number of amides is 2. The molecule has 0 radical (unpaired) electrons. The number of hydrogen-bond donors (Lipinski definition) is 2. The summed E-state index contributed by atoms with van der Waals surface area (Å²) in [6, 6.07) is 14.7. The Hall–Kier alpha value is -2.86. The third kappa shape index (κ3) is 4.40. The molecule has 2 aromatic rings. The van der Waals surface area contributed by atoms with Gasteiger partial charge >= 0.3 is 0 Å². The lowest BCUT2D eigenvalue weighted by Gasteiger charge is -2.27. The van der Waals surface area contributed by atoms with Gasteiger partial charge in [0, 0.05) is 30.0 Å². The number of ether oxygens (including phenoxy) is 1. The Kier molecular flexibility index (Phi) is 5.86. The van der Waals surface area contributed by atoms with E-state index in [1.54, 1.807) is 17.0 Å². The molecule has 0 aliphatic carbocycles. The number of anilines is 2. The van der Waals surface area contributed by atoms with E-state index in [0.717, 1.165) is 16.9 Å². The van der Waals surface area contributed by atoms with Crippen LogP contribution in [0, 0.1) is 6.92 Å². The molecule has 1 fully saturated rings. The summed E-state index contributed by atoms with van der Waals surface area (Å²) < 4.78 is 5.27. The molecule has 6 heteroatoms. The largest absolute Gasteiger partial charge is 0.378 e. The van der Waals surface area contributed by atoms with Crippen molar-refractivity contribution in [2.45, 2.75) is 6.92 Å². The van der Waals surface area contributed by atoms with Crippen LogP contribution in [-0.4, -0.2) is 49.6 Å². The first kappa shape index (κ1) is 17.9. The fraction of sp³-hybridized carbons (Fsp3) is 0.300. The number of hydrogen-bond acceptors (Lipinski definition) is 4. The van der Waals surface area contributed by atoms with Gasteiger partial charge in [-0.15, -0.1) is 0 Å². The van der Waals surface area contributed by atoms with E-state index in [-0.39, 0.29) is 18.4 Å². The van der Waals surface area contributed by atoms with Crippen molar-refractivity contribution in [1.82, 2.24) is 4.90 Å². The molecule has 2 aromatic carbocycles. The van der Waals surface area contributed by atoms with Crippen LogP contribution in [-0.2, 0) is 9.53 Å². The average molecular weight is 353 g/mol. The highest BCUT2D eigenvalue weighted by Gasteiger charge is 2.17. The number of rotatable bonds is 5. The zero-order chi connectivity index (χ0) is 18.4. The van der Waals surface area contributed by atoms with Gasteiger partial charge in [-0.1, -0.05) is 24.3 Å². The van der Waals surface area contributed by atoms with Crippen molar-refractivity contribution in [2.75, 3.05) is 43.5 Å². The van der Waals surface area contributed by atoms with E-state index in [4.69, 9.17) is 4.74 Å². The van der Waals surface area contributed by atoms with Crippen LogP contribution in [0.4, 0.5) is 11.4 Å². The van der Waals surface area contributed by atoms with Gasteiger partial charge < -0.3 is 20.3 Å². The van der Waals surface area contributed by atoms with Crippen molar-refractivity contribution in [3.63, 3.8) is 0 Å². The number of morpholine rings is 1. The van der Waals surface area contributed by atoms with Crippen molar-refractivity contribution in [3.8, 4) is 0 Å². The van der Waals surface area contributed by atoms with Crippen LogP contribution in [0.5, 0.6) is 0 Å². The summed E-state index contributed by atoms with van der Waals surface area (Å²) in [7, 11) is 0. The van der Waals surface area contributed by atoms with E-state index < -0.39 is 0 Å². The zero-order valence-electron chi connectivity index (χ0n) is 14.8. The van der Waals surface area contributed by atoms with Gasteiger partial charge in [-0.25, -0.2) is 0 Å². The number of carbonyl (C=O) groups is 2. The maximum absolute atomic E-state index is 12.3. The van der Waals surface area contributed by atoms with Crippen LogP contribution in [0.25, 0.3) is 0 Å². The summed E-state index contributed by atoms with van der Waals surface area (Å²) in [5.74, 6) is -0.110. The van der Waals surface area contributed by atoms with Crippen LogP contribution in [0.15, 0.2) is 48.5 Å². The molecule has 26 heavy (non-hydrogen) atoms. The fourth-order valence-electron chi connectivity index (χ4n) is 2.84. The number of carbonyl (C=O) groups excluding carboxylic acids is 2. The van der Waals surface area contributed by atoms with E-state index in [9.17, 15) is 9.59 Å². The Morgan fingerprint density at radius 2 is 1.69 bits per heavy atom. The molecular weight excluding hydrogens is 330 g/mol. The highest BCUT2D eigenvalue weighted by molar-refractivity contribution is 6.05. The molecule has 6 nitrogen and oxygen atoms in total. The highest BCUT2D eigenvalue weighted by Crippen LogP contribution is 2.23. The van der Waals surface area contributed by atoms with Gasteiger partial charge in [-0.2, -0.15) is 0 Å². The van der Waals surface area contributed by atoms with E-state index >= 15 is 0 Å². The summed E-state index contributed by atoms with van der Waals surface area (Å²) >= 11 is 0. The van der Waals surface area contributed by atoms with Crippen LogP contribution in [0.1, 0.15) is 15.9 Å². The summed E-state index contributed by atoms with van der Waals surface area (Å²) in [6.45, 7) is 4.58. The van der Waals surface area contributed by atoms with Gasteiger partial charge in [0.15, 0.2) is 0 Å². The number of nitrogens with zero attached hydrogens (tertiary/aromatic N) is 1. The number of nitrogens with one attached hydrogen (secondary N) is 2. The lowest BCUT2D eigenvalue weighted by molar-refractivity contribution is -0.133. The minimum Gasteiger partial charge on any atom is -0.378 e. The van der Waals surface area contributed by atoms with E-state index in [1.165, 1.54) is 0 Å². The van der Waals surface area contributed by atoms with Gasteiger partial charge in [0.1, 0.15) is 0 Å². The van der Waals surface area contributed by atoms with E-state index in [1.807, 2.05) is 43.3 Å². The zero-order valence-corrected chi connectivity index (χ0v) is 14.8. The second kappa shape index (κ2) is 8.49. The van der Waals surface area contributed by atoms with Crippen LogP contribution >= 0.6 is 0 Å². The van der Waals surface area contributed by atoms with Gasteiger partial charge in [0.05, 0.1) is 19.8 Å². The summed E-state index contributed by atoms with van der Waals surface area (Å²) in [6.07, 6.45) is 0. The lowest BCUT2D eigenvalue weighted by Crippen LogP contribution is -2.43. The van der Waals surface area contributed by atoms with Gasteiger partial charge in [0.25, 0.3) is 5.91 Å². The van der Waals surface area contributed by atoms with Crippen molar-refractivity contribution in [3.05, 3.63) is 59.7 Å². The molecule has 0 aromatic heterocycles. The second-order valence-corrected chi connectivity index (χ2v) is 6.14. The molecule has 136 valence electrons. The fourth-order valence-corrected chi connectivity index (χ4v) is 2.84. The molecule has 0 atom stereocenters. The van der Waals surface area contributed by atoms with E-state index in [2.05, 4.69) is 10.6 Å². The van der Waals surface area contributed by atoms with Crippen molar-refractivity contribution >= 4 is 23.2 Å². The molecule has 3 rings (SSSR count). The molecule has 1 heterocycles. The minimum absolute atomic E-state index is 0.0476. The Balaban J connectivity index is 1.63. The quantitative estimate of drug-likeness (QED) is 0.867. The maximum Gasteiger partial charge on any atom is 0.255 e. The first-order valence-electron chi connectivity index (χ1n) is 8.70.